The maximum absolute atomic E-state index is 12.8. The van der Waals surface area contributed by atoms with Gasteiger partial charge in [0.2, 0.25) is 0 Å². The van der Waals surface area contributed by atoms with Crippen molar-refractivity contribution in [3.8, 4) is 0 Å². The third-order valence-electron chi connectivity index (χ3n) is 4.57. The third-order valence-corrected chi connectivity index (χ3v) is 6.63. The zero-order valence-electron chi connectivity index (χ0n) is 14.7. The minimum Gasteiger partial charge on any atom is -0.368 e. The predicted octanol–water partition coefficient (Wildman–Crippen LogP) is 2.53. The molecule has 1 unspecified atom stereocenters. The number of aromatic nitrogens is 2. The molecule has 4 rings (SSSR count). The number of aryl methyl sites for hydroxylation is 2. The lowest BCUT2D eigenvalue weighted by Crippen LogP contribution is -2.35. The molecule has 1 saturated heterocycles. The van der Waals surface area contributed by atoms with Gasteiger partial charge in [0.1, 0.15) is 11.0 Å². The molecule has 9 heteroatoms. The van der Waals surface area contributed by atoms with Crippen LogP contribution in [0.1, 0.15) is 43.8 Å². The van der Waals surface area contributed by atoms with Crippen LogP contribution < -0.4 is 5.32 Å². The van der Waals surface area contributed by atoms with E-state index < -0.39 is 0 Å². The minimum atomic E-state index is -0.369. The molecule has 2 aromatic heterocycles. The number of rotatable bonds is 3. The van der Waals surface area contributed by atoms with Crippen LogP contribution in [0.15, 0.2) is 0 Å². The van der Waals surface area contributed by atoms with Gasteiger partial charge in [-0.1, -0.05) is 11.3 Å². The van der Waals surface area contributed by atoms with Crippen molar-refractivity contribution in [2.45, 2.75) is 45.8 Å². The van der Waals surface area contributed by atoms with Gasteiger partial charge >= 0.3 is 0 Å². The summed E-state index contributed by atoms with van der Waals surface area (Å²) in [4.78, 5) is 37.4. The molecule has 2 aromatic rings. The summed E-state index contributed by atoms with van der Waals surface area (Å²) in [6.07, 6.45) is 2.00. The zero-order chi connectivity index (χ0) is 18.3. The Balaban J connectivity index is 1.45. The average molecular weight is 393 g/mol. The molecule has 2 amide bonds. The van der Waals surface area contributed by atoms with Gasteiger partial charge < -0.3 is 9.64 Å². The number of amides is 2. The molecule has 0 saturated carbocycles. The number of ether oxygens (including phenoxy) is 1. The van der Waals surface area contributed by atoms with E-state index >= 15 is 0 Å². The molecule has 1 N–H and O–H groups in total. The number of carbonyl (C=O) groups excluding carboxylic acids is 2. The lowest BCUT2D eigenvalue weighted by Gasteiger charge is -2.25. The number of nitrogens with one attached hydrogen (secondary N) is 1. The molecular weight excluding hydrogens is 372 g/mol. The molecule has 0 aliphatic carbocycles. The summed E-state index contributed by atoms with van der Waals surface area (Å²) in [7, 11) is 0. The van der Waals surface area contributed by atoms with E-state index in [1.807, 2.05) is 18.7 Å². The number of hydrogen-bond acceptors (Lipinski definition) is 7. The van der Waals surface area contributed by atoms with E-state index in [1.54, 1.807) is 0 Å². The van der Waals surface area contributed by atoms with E-state index in [0.29, 0.717) is 36.1 Å². The molecule has 1 fully saturated rings. The van der Waals surface area contributed by atoms with Crippen LogP contribution in [0.5, 0.6) is 0 Å². The summed E-state index contributed by atoms with van der Waals surface area (Å²) >= 11 is 2.88. The normalized spacial score (nSPS) is 19.5. The summed E-state index contributed by atoms with van der Waals surface area (Å²) in [6.45, 7) is 5.58. The fourth-order valence-electron chi connectivity index (χ4n) is 3.27. The number of fused-ring (bicyclic) bond motifs is 1. The smallest absolute Gasteiger partial charge is 0.266 e. The molecule has 0 aromatic carbocycles. The van der Waals surface area contributed by atoms with Crippen LogP contribution in [0, 0.1) is 13.8 Å². The van der Waals surface area contributed by atoms with Crippen LogP contribution in [-0.2, 0) is 22.5 Å². The summed E-state index contributed by atoms with van der Waals surface area (Å²) in [5, 5.41) is 4.36. The van der Waals surface area contributed by atoms with Gasteiger partial charge in [-0.2, -0.15) is 0 Å². The Hall–Kier alpha value is -1.84. The van der Waals surface area contributed by atoms with Crippen molar-refractivity contribution in [1.29, 1.82) is 0 Å². The lowest BCUT2D eigenvalue weighted by atomic mass is 10.1. The summed E-state index contributed by atoms with van der Waals surface area (Å²) in [6, 6.07) is 0. The standard InChI is InChI=1S/C17H20N4O3S2/c1-9-14(25-10(2)18-9)16(23)21-6-5-11-13(8-21)26-17(19-11)20-15(22)12-4-3-7-24-12/h12H,3-8H2,1-2H3,(H,19,20,22). The predicted molar refractivity (Wildman–Crippen MR) is 99.8 cm³/mol. The van der Waals surface area contributed by atoms with Gasteiger partial charge in [0.25, 0.3) is 11.8 Å². The molecule has 2 aliphatic heterocycles. The molecule has 26 heavy (non-hydrogen) atoms. The Morgan fingerprint density at radius 3 is 2.81 bits per heavy atom. The first kappa shape index (κ1) is 17.6. The van der Waals surface area contributed by atoms with Crippen molar-refractivity contribution in [2.75, 3.05) is 18.5 Å². The number of anilines is 1. The SMILES string of the molecule is Cc1nc(C)c(C(=O)N2CCc3nc(NC(=O)C4CCCO4)sc3C2)s1. The van der Waals surface area contributed by atoms with E-state index in [1.165, 1.54) is 22.7 Å². The fraction of sp³-hybridized carbons (Fsp3) is 0.529. The number of nitrogens with zero attached hydrogens (tertiary/aromatic N) is 3. The molecule has 2 aliphatic rings. The first-order chi connectivity index (χ1) is 12.5. The van der Waals surface area contributed by atoms with Gasteiger partial charge in [-0.15, -0.1) is 11.3 Å². The minimum absolute atomic E-state index is 0.0251. The van der Waals surface area contributed by atoms with Crippen LogP contribution in [0.4, 0.5) is 5.13 Å². The second-order valence-corrected chi connectivity index (χ2v) is 8.79. The van der Waals surface area contributed by atoms with Crippen LogP contribution in [-0.4, -0.2) is 45.9 Å². The van der Waals surface area contributed by atoms with Crippen LogP contribution in [0.2, 0.25) is 0 Å². The highest BCUT2D eigenvalue weighted by Crippen LogP contribution is 2.30. The van der Waals surface area contributed by atoms with Crippen LogP contribution in [0.3, 0.4) is 0 Å². The zero-order valence-corrected chi connectivity index (χ0v) is 16.3. The van der Waals surface area contributed by atoms with Crippen molar-refractivity contribution in [2.24, 2.45) is 0 Å². The largest absolute Gasteiger partial charge is 0.368 e. The Morgan fingerprint density at radius 1 is 1.27 bits per heavy atom. The topological polar surface area (TPSA) is 84.4 Å². The fourth-order valence-corrected chi connectivity index (χ4v) is 5.18. The summed E-state index contributed by atoms with van der Waals surface area (Å²) < 4.78 is 5.41. The van der Waals surface area contributed by atoms with Crippen LogP contribution >= 0.6 is 22.7 Å². The van der Waals surface area contributed by atoms with E-state index in [9.17, 15) is 9.59 Å². The molecular formula is C17H20N4O3S2. The first-order valence-electron chi connectivity index (χ1n) is 8.65. The summed E-state index contributed by atoms with van der Waals surface area (Å²) in [5.41, 5.74) is 1.76. The monoisotopic (exact) mass is 392 g/mol. The Kier molecular flexibility index (Phi) is 4.76. The quantitative estimate of drug-likeness (QED) is 0.868. The van der Waals surface area contributed by atoms with Gasteiger partial charge in [0, 0.05) is 24.4 Å². The molecule has 7 nitrogen and oxygen atoms in total. The van der Waals surface area contributed by atoms with Crippen molar-refractivity contribution in [3.63, 3.8) is 0 Å². The van der Waals surface area contributed by atoms with Crippen molar-refractivity contribution >= 4 is 39.6 Å². The number of carbonyl (C=O) groups is 2. The lowest BCUT2D eigenvalue weighted by molar-refractivity contribution is -0.124. The molecule has 1 atom stereocenters. The van der Waals surface area contributed by atoms with Crippen molar-refractivity contribution in [1.82, 2.24) is 14.9 Å². The van der Waals surface area contributed by atoms with Gasteiger partial charge in [-0.25, -0.2) is 9.97 Å². The number of hydrogen-bond donors (Lipinski definition) is 1. The first-order valence-corrected chi connectivity index (χ1v) is 10.3. The van der Waals surface area contributed by atoms with Gasteiger partial charge in [0.05, 0.1) is 22.9 Å². The number of thiazole rings is 2. The Morgan fingerprint density at radius 2 is 2.12 bits per heavy atom. The highest BCUT2D eigenvalue weighted by molar-refractivity contribution is 7.16. The Labute approximate surface area is 159 Å². The maximum atomic E-state index is 12.8. The highest BCUT2D eigenvalue weighted by Gasteiger charge is 2.29. The van der Waals surface area contributed by atoms with Gasteiger partial charge in [-0.05, 0) is 26.7 Å². The van der Waals surface area contributed by atoms with E-state index in [0.717, 1.165) is 34.1 Å². The second kappa shape index (κ2) is 7.05. The van der Waals surface area contributed by atoms with Gasteiger partial charge in [-0.3, -0.25) is 14.9 Å². The third kappa shape index (κ3) is 3.38. The average Bonchev–Trinajstić information content (AvgIpc) is 3.32. The Bertz CT molecular complexity index is 854. The van der Waals surface area contributed by atoms with Crippen LogP contribution in [0.25, 0.3) is 0 Å². The van der Waals surface area contributed by atoms with E-state index in [2.05, 4.69) is 15.3 Å². The summed E-state index contributed by atoms with van der Waals surface area (Å²) in [5.74, 6) is -0.102. The van der Waals surface area contributed by atoms with Crippen molar-refractivity contribution < 1.29 is 14.3 Å². The van der Waals surface area contributed by atoms with Gasteiger partial charge in [0.15, 0.2) is 5.13 Å². The second-order valence-electron chi connectivity index (χ2n) is 6.50. The van der Waals surface area contributed by atoms with E-state index in [4.69, 9.17) is 4.74 Å². The molecule has 138 valence electrons. The molecule has 4 heterocycles. The maximum Gasteiger partial charge on any atom is 0.266 e. The van der Waals surface area contributed by atoms with E-state index in [-0.39, 0.29) is 17.9 Å². The van der Waals surface area contributed by atoms with Crippen molar-refractivity contribution in [3.05, 3.63) is 26.1 Å². The molecule has 0 radical (unpaired) electrons. The molecule has 0 bridgehead atoms. The highest BCUT2D eigenvalue weighted by atomic mass is 32.1. The molecule has 0 spiro atoms.